The first-order chi connectivity index (χ1) is 10.4. The van der Waals surface area contributed by atoms with E-state index in [4.69, 9.17) is 5.11 Å². The molecule has 0 unspecified atom stereocenters. The molecule has 8 heteroatoms. The van der Waals surface area contributed by atoms with E-state index in [2.05, 4.69) is 21.0 Å². The molecule has 2 N–H and O–H groups in total. The normalized spacial score (nSPS) is 11.5. The van der Waals surface area contributed by atoms with Crippen LogP contribution < -0.4 is 4.83 Å². The first-order valence-corrected chi connectivity index (χ1v) is 8.30. The molecular weight excluding hydrogens is 372 g/mol. The summed E-state index contributed by atoms with van der Waals surface area (Å²) >= 11 is 3.22. The molecule has 0 radical (unpaired) electrons. The Labute approximate surface area is 135 Å². The number of aromatic carboxylic acids is 1. The second-order valence-corrected chi connectivity index (χ2v) is 6.78. The zero-order valence-electron chi connectivity index (χ0n) is 11.1. The molecular formula is C14H11BrN2O4S. The van der Waals surface area contributed by atoms with Gasteiger partial charge in [0.05, 0.1) is 16.7 Å². The average Bonchev–Trinajstić information content (AvgIpc) is 2.48. The van der Waals surface area contributed by atoms with Gasteiger partial charge in [0.1, 0.15) is 0 Å². The number of halogens is 1. The molecule has 6 nitrogen and oxygen atoms in total. The third kappa shape index (κ3) is 3.92. The van der Waals surface area contributed by atoms with Gasteiger partial charge in [0.25, 0.3) is 10.0 Å². The summed E-state index contributed by atoms with van der Waals surface area (Å²) < 4.78 is 24.7. The van der Waals surface area contributed by atoms with Gasteiger partial charge in [-0.3, -0.25) is 0 Å². The van der Waals surface area contributed by atoms with Crippen molar-refractivity contribution in [2.75, 3.05) is 0 Å². The molecule has 114 valence electrons. The summed E-state index contributed by atoms with van der Waals surface area (Å²) in [5, 5.41) is 12.6. The highest BCUT2D eigenvalue weighted by Crippen LogP contribution is 2.14. The summed E-state index contributed by atoms with van der Waals surface area (Å²) in [5.74, 6) is -1.11. The van der Waals surface area contributed by atoms with E-state index in [0.29, 0.717) is 5.56 Å². The largest absolute Gasteiger partial charge is 0.478 e. The highest BCUT2D eigenvalue weighted by atomic mass is 79.9. The molecule has 2 rings (SSSR count). The van der Waals surface area contributed by atoms with Gasteiger partial charge in [-0.1, -0.05) is 34.1 Å². The standard InChI is InChI=1S/C14H11BrN2O4S/c15-11-5-7-12(8-6-11)22(20,21)17-16-9-10-3-1-2-4-13(10)14(18)19/h1-9,17H,(H,18,19)/b16-9+. The maximum absolute atomic E-state index is 12.0. The Balaban J connectivity index is 2.19. The molecule has 2 aromatic rings. The zero-order valence-corrected chi connectivity index (χ0v) is 13.5. The van der Waals surface area contributed by atoms with Crippen molar-refractivity contribution >= 4 is 38.1 Å². The quantitative estimate of drug-likeness (QED) is 0.613. The lowest BCUT2D eigenvalue weighted by Gasteiger charge is -2.04. The van der Waals surface area contributed by atoms with Crippen molar-refractivity contribution in [1.82, 2.24) is 4.83 Å². The van der Waals surface area contributed by atoms with Crippen LogP contribution in [0.1, 0.15) is 15.9 Å². The van der Waals surface area contributed by atoms with Gasteiger partial charge >= 0.3 is 5.97 Å². The fourth-order valence-corrected chi connectivity index (χ4v) is 2.69. The van der Waals surface area contributed by atoms with E-state index in [9.17, 15) is 13.2 Å². The van der Waals surface area contributed by atoms with Gasteiger partial charge in [-0.2, -0.15) is 13.5 Å². The fraction of sp³-hybridized carbons (Fsp3) is 0. The molecule has 0 aromatic heterocycles. The highest BCUT2D eigenvalue weighted by molar-refractivity contribution is 9.10. The van der Waals surface area contributed by atoms with Gasteiger partial charge in [-0.25, -0.2) is 9.63 Å². The molecule has 0 aliphatic carbocycles. The Bertz CT molecular complexity index is 817. The van der Waals surface area contributed by atoms with Crippen LogP contribution in [-0.2, 0) is 10.0 Å². The summed E-state index contributed by atoms with van der Waals surface area (Å²) in [6, 6.07) is 12.2. The summed E-state index contributed by atoms with van der Waals surface area (Å²) in [7, 11) is -3.80. The van der Waals surface area contributed by atoms with Crippen molar-refractivity contribution in [2.24, 2.45) is 5.10 Å². The van der Waals surface area contributed by atoms with E-state index >= 15 is 0 Å². The van der Waals surface area contributed by atoms with Crippen LogP contribution in [0.3, 0.4) is 0 Å². The number of sulfonamides is 1. The fourth-order valence-electron chi connectivity index (χ4n) is 1.64. The van der Waals surface area contributed by atoms with Crippen LogP contribution >= 0.6 is 15.9 Å². The first kappa shape index (κ1) is 16.2. The van der Waals surface area contributed by atoms with Gasteiger partial charge in [0, 0.05) is 10.0 Å². The van der Waals surface area contributed by atoms with E-state index in [1.807, 2.05) is 4.83 Å². The van der Waals surface area contributed by atoms with E-state index in [-0.39, 0.29) is 10.5 Å². The van der Waals surface area contributed by atoms with E-state index in [1.54, 1.807) is 24.3 Å². The number of hydrogen-bond donors (Lipinski definition) is 2. The molecule has 0 amide bonds. The van der Waals surface area contributed by atoms with Crippen LogP contribution in [0.4, 0.5) is 0 Å². The van der Waals surface area contributed by atoms with E-state index < -0.39 is 16.0 Å². The van der Waals surface area contributed by atoms with Crippen molar-refractivity contribution in [3.63, 3.8) is 0 Å². The Kier molecular flexibility index (Phi) is 4.94. The highest BCUT2D eigenvalue weighted by Gasteiger charge is 2.12. The predicted octanol–water partition coefficient (Wildman–Crippen LogP) is 2.46. The van der Waals surface area contributed by atoms with Crippen LogP contribution in [0.2, 0.25) is 0 Å². The molecule has 0 saturated heterocycles. The van der Waals surface area contributed by atoms with E-state index in [1.165, 1.54) is 24.3 Å². The van der Waals surface area contributed by atoms with Gasteiger partial charge in [0.2, 0.25) is 0 Å². The van der Waals surface area contributed by atoms with Gasteiger partial charge in [0.15, 0.2) is 0 Å². The summed E-state index contributed by atoms with van der Waals surface area (Å²) in [5.41, 5.74) is 0.336. The molecule has 0 atom stereocenters. The molecule has 0 spiro atoms. The van der Waals surface area contributed by atoms with Crippen LogP contribution in [-0.4, -0.2) is 25.7 Å². The van der Waals surface area contributed by atoms with E-state index in [0.717, 1.165) is 10.7 Å². The Morgan fingerprint density at radius 1 is 1.14 bits per heavy atom. The number of benzene rings is 2. The Hall–Kier alpha value is -2.19. The average molecular weight is 383 g/mol. The molecule has 0 aliphatic rings. The number of carbonyl (C=O) groups is 1. The second kappa shape index (κ2) is 6.71. The second-order valence-electron chi connectivity index (χ2n) is 4.20. The minimum absolute atomic E-state index is 0.0362. The third-order valence-electron chi connectivity index (χ3n) is 2.69. The van der Waals surface area contributed by atoms with Crippen LogP contribution in [0.5, 0.6) is 0 Å². The van der Waals surface area contributed by atoms with Crippen molar-refractivity contribution in [3.05, 3.63) is 64.1 Å². The monoisotopic (exact) mass is 382 g/mol. The Morgan fingerprint density at radius 3 is 2.41 bits per heavy atom. The van der Waals surface area contributed by atoms with Crippen LogP contribution in [0, 0.1) is 0 Å². The molecule has 0 heterocycles. The maximum Gasteiger partial charge on any atom is 0.336 e. The molecule has 2 aromatic carbocycles. The molecule has 0 saturated carbocycles. The first-order valence-electron chi connectivity index (χ1n) is 6.03. The van der Waals surface area contributed by atoms with Crippen molar-refractivity contribution in [1.29, 1.82) is 0 Å². The molecule has 0 aliphatic heterocycles. The topological polar surface area (TPSA) is 95.8 Å². The number of hydrazone groups is 1. The molecule has 0 bridgehead atoms. The summed E-state index contributed by atoms with van der Waals surface area (Å²) in [6.45, 7) is 0. The van der Waals surface area contributed by atoms with Gasteiger partial charge < -0.3 is 5.11 Å². The molecule has 0 fully saturated rings. The van der Waals surface area contributed by atoms with Crippen molar-refractivity contribution in [2.45, 2.75) is 4.90 Å². The summed E-state index contributed by atoms with van der Waals surface area (Å²) in [4.78, 5) is 13.1. The predicted molar refractivity (Wildman–Crippen MR) is 85.5 cm³/mol. The number of nitrogens with one attached hydrogen (secondary N) is 1. The smallest absolute Gasteiger partial charge is 0.336 e. The van der Waals surface area contributed by atoms with Crippen LogP contribution in [0.25, 0.3) is 0 Å². The lowest BCUT2D eigenvalue weighted by molar-refractivity contribution is 0.0696. The lowest BCUT2D eigenvalue weighted by Crippen LogP contribution is -2.18. The SMILES string of the molecule is O=C(O)c1ccccc1/C=N/NS(=O)(=O)c1ccc(Br)cc1. The van der Waals surface area contributed by atoms with Crippen LogP contribution in [0.15, 0.2) is 63.0 Å². The number of carboxylic acid groups (broad SMARTS) is 1. The minimum atomic E-state index is -3.80. The number of carboxylic acids is 1. The number of hydrogen-bond acceptors (Lipinski definition) is 4. The van der Waals surface area contributed by atoms with Crippen molar-refractivity contribution < 1.29 is 18.3 Å². The zero-order chi connectivity index (χ0) is 16.2. The lowest BCUT2D eigenvalue weighted by atomic mass is 10.1. The number of nitrogens with zero attached hydrogens (tertiary/aromatic N) is 1. The number of rotatable bonds is 5. The van der Waals surface area contributed by atoms with Gasteiger partial charge in [-0.15, -0.1) is 0 Å². The maximum atomic E-state index is 12.0. The third-order valence-corrected chi connectivity index (χ3v) is 4.46. The minimum Gasteiger partial charge on any atom is -0.478 e. The Morgan fingerprint density at radius 2 is 1.77 bits per heavy atom. The molecule has 22 heavy (non-hydrogen) atoms. The van der Waals surface area contributed by atoms with Crippen molar-refractivity contribution in [3.8, 4) is 0 Å². The van der Waals surface area contributed by atoms with Gasteiger partial charge in [-0.05, 0) is 30.3 Å². The summed E-state index contributed by atoms with van der Waals surface area (Å²) in [6.07, 6.45) is 1.15.